The maximum absolute atomic E-state index is 12.6. The minimum Gasteiger partial charge on any atom is -0.480 e. The lowest BCUT2D eigenvalue weighted by Crippen LogP contribution is -2.20. The lowest BCUT2D eigenvalue weighted by atomic mass is 10.1. The summed E-state index contributed by atoms with van der Waals surface area (Å²) >= 11 is 12.3. The highest BCUT2D eigenvalue weighted by molar-refractivity contribution is 6.45. The standard InChI is InChI=1S/C16H11Cl2NO3/c1-8(16(21)22)19-12-5-3-2-4-9(12)15(20)10-6-7-11(17)13(18)14(10)19/h2-8H,1H3,(H,21,22)/t8-/m1/s1. The molecule has 0 unspecified atom stereocenters. The SMILES string of the molecule is C[C@H](C(=O)O)n1c2ccccc2c(=O)c2ccc(Cl)c(Cl)c21. The fourth-order valence-corrected chi connectivity index (χ4v) is 3.02. The van der Waals surface area contributed by atoms with Gasteiger partial charge in [-0.25, -0.2) is 4.79 Å². The van der Waals surface area contributed by atoms with Crippen molar-refractivity contribution in [3.63, 3.8) is 0 Å². The number of benzene rings is 2. The van der Waals surface area contributed by atoms with Gasteiger partial charge in [-0.3, -0.25) is 4.79 Å². The molecule has 0 fully saturated rings. The Morgan fingerprint density at radius 1 is 1.14 bits per heavy atom. The van der Waals surface area contributed by atoms with Crippen LogP contribution in [0.2, 0.25) is 10.0 Å². The fourth-order valence-electron chi connectivity index (χ4n) is 2.61. The predicted octanol–water partition coefficient (Wildman–Crippen LogP) is 4.11. The summed E-state index contributed by atoms with van der Waals surface area (Å²) in [6.45, 7) is 1.54. The zero-order valence-corrected chi connectivity index (χ0v) is 13.0. The third kappa shape index (κ3) is 2.07. The molecular weight excluding hydrogens is 325 g/mol. The number of aromatic nitrogens is 1. The summed E-state index contributed by atoms with van der Waals surface area (Å²) < 4.78 is 1.54. The van der Waals surface area contributed by atoms with E-state index in [4.69, 9.17) is 23.2 Å². The van der Waals surface area contributed by atoms with Crippen LogP contribution in [0.5, 0.6) is 0 Å². The van der Waals surface area contributed by atoms with Crippen LogP contribution in [-0.4, -0.2) is 15.6 Å². The molecule has 0 bridgehead atoms. The maximum Gasteiger partial charge on any atom is 0.326 e. The summed E-state index contributed by atoms with van der Waals surface area (Å²) in [7, 11) is 0. The summed E-state index contributed by atoms with van der Waals surface area (Å²) in [6, 6.07) is 9.07. The summed E-state index contributed by atoms with van der Waals surface area (Å²) in [5, 5.41) is 10.7. The largest absolute Gasteiger partial charge is 0.480 e. The Kier molecular flexibility index (Phi) is 3.59. The second-order valence-electron chi connectivity index (χ2n) is 4.99. The first-order chi connectivity index (χ1) is 10.4. The number of fused-ring (bicyclic) bond motifs is 2. The van der Waals surface area contributed by atoms with Gasteiger partial charge in [0.15, 0.2) is 5.43 Å². The van der Waals surface area contributed by atoms with Crippen molar-refractivity contribution in [1.29, 1.82) is 0 Å². The van der Waals surface area contributed by atoms with Gasteiger partial charge in [0.05, 0.1) is 21.1 Å². The van der Waals surface area contributed by atoms with E-state index in [9.17, 15) is 14.7 Å². The summed E-state index contributed by atoms with van der Waals surface area (Å²) in [4.78, 5) is 24.1. The smallest absolute Gasteiger partial charge is 0.326 e. The Morgan fingerprint density at radius 3 is 2.50 bits per heavy atom. The summed E-state index contributed by atoms with van der Waals surface area (Å²) in [5.41, 5.74) is 0.657. The highest BCUT2D eigenvalue weighted by Gasteiger charge is 2.22. The van der Waals surface area contributed by atoms with Crippen molar-refractivity contribution >= 4 is 51.0 Å². The molecule has 0 saturated carbocycles. The van der Waals surface area contributed by atoms with Crippen LogP contribution in [-0.2, 0) is 4.79 Å². The molecule has 0 aliphatic rings. The van der Waals surface area contributed by atoms with Gasteiger partial charge >= 0.3 is 5.97 Å². The summed E-state index contributed by atoms with van der Waals surface area (Å²) in [5.74, 6) is -1.02. The zero-order chi connectivity index (χ0) is 16.0. The second kappa shape index (κ2) is 5.30. The van der Waals surface area contributed by atoms with Gasteiger partial charge < -0.3 is 9.67 Å². The average molecular weight is 336 g/mol. The van der Waals surface area contributed by atoms with E-state index in [2.05, 4.69) is 0 Å². The monoisotopic (exact) mass is 335 g/mol. The average Bonchev–Trinajstić information content (AvgIpc) is 2.51. The van der Waals surface area contributed by atoms with Gasteiger partial charge in [-0.1, -0.05) is 35.3 Å². The molecule has 112 valence electrons. The second-order valence-corrected chi connectivity index (χ2v) is 5.77. The molecule has 3 aromatic rings. The molecule has 1 heterocycles. The van der Waals surface area contributed by atoms with Gasteiger partial charge in [0, 0.05) is 10.8 Å². The van der Waals surface area contributed by atoms with E-state index >= 15 is 0 Å². The lowest BCUT2D eigenvalue weighted by molar-refractivity contribution is -0.140. The van der Waals surface area contributed by atoms with Crippen LogP contribution in [0.25, 0.3) is 21.8 Å². The molecule has 2 aromatic carbocycles. The van der Waals surface area contributed by atoms with Crippen LogP contribution in [0, 0.1) is 0 Å². The Balaban J connectivity index is 2.67. The van der Waals surface area contributed by atoms with Crippen LogP contribution >= 0.6 is 23.2 Å². The number of carboxylic acid groups (broad SMARTS) is 1. The van der Waals surface area contributed by atoms with Crippen LogP contribution in [0.15, 0.2) is 41.2 Å². The molecule has 6 heteroatoms. The van der Waals surface area contributed by atoms with Gasteiger partial charge in [-0.15, -0.1) is 0 Å². The van der Waals surface area contributed by atoms with Crippen molar-refractivity contribution in [3.05, 3.63) is 56.7 Å². The topological polar surface area (TPSA) is 59.3 Å². The zero-order valence-electron chi connectivity index (χ0n) is 11.5. The first-order valence-electron chi connectivity index (χ1n) is 6.57. The van der Waals surface area contributed by atoms with Crippen molar-refractivity contribution in [3.8, 4) is 0 Å². The van der Waals surface area contributed by atoms with E-state index in [1.54, 1.807) is 34.9 Å². The Labute approximate surface area is 135 Å². The van der Waals surface area contributed by atoms with Gasteiger partial charge in [0.1, 0.15) is 6.04 Å². The van der Waals surface area contributed by atoms with E-state index in [-0.39, 0.29) is 15.5 Å². The maximum atomic E-state index is 12.6. The van der Waals surface area contributed by atoms with E-state index in [0.29, 0.717) is 21.8 Å². The molecule has 0 aliphatic heterocycles. The van der Waals surface area contributed by atoms with Crippen molar-refractivity contribution in [2.75, 3.05) is 0 Å². The molecular formula is C16H11Cl2NO3. The quantitative estimate of drug-likeness (QED) is 0.717. The normalized spacial score (nSPS) is 12.7. The van der Waals surface area contributed by atoms with Crippen molar-refractivity contribution < 1.29 is 9.90 Å². The third-order valence-electron chi connectivity index (χ3n) is 3.71. The molecule has 1 N–H and O–H groups in total. The number of para-hydroxylation sites is 1. The molecule has 0 amide bonds. The molecule has 0 spiro atoms. The van der Waals surface area contributed by atoms with Gasteiger partial charge in [-0.2, -0.15) is 0 Å². The minimum atomic E-state index is -1.02. The number of carboxylic acids is 1. The number of hydrogen-bond acceptors (Lipinski definition) is 2. The Morgan fingerprint density at radius 2 is 1.82 bits per heavy atom. The van der Waals surface area contributed by atoms with Gasteiger partial charge in [0.2, 0.25) is 0 Å². The molecule has 1 aromatic heterocycles. The first-order valence-corrected chi connectivity index (χ1v) is 7.33. The van der Waals surface area contributed by atoms with Crippen LogP contribution in [0.3, 0.4) is 0 Å². The Hall–Kier alpha value is -2.04. The fraction of sp³-hybridized carbons (Fsp3) is 0.125. The molecule has 22 heavy (non-hydrogen) atoms. The molecule has 1 atom stereocenters. The number of halogens is 2. The third-order valence-corrected chi connectivity index (χ3v) is 4.50. The van der Waals surface area contributed by atoms with Gasteiger partial charge in [0.25, 0.3) is 0 Å². The molecule has 3 rings (SSSR count). The number of nitrogens with zero attached hydrogens (tertiary/aromatic N) is 1. The highest BCUT2D eigenvalue weighted by atomic mass is 35.5. The number of carbonyl (C=O) groups is 1. The molecule has 0 aliphatic carbocycles. The molecule has 0 saturated heterocycles. The number of aliphatic carboxylic acids is 1. The number of hydrogen-bond donors (Lipinski definition) is 1. The number of pyridine rings is 1. The number of rotatable bonds is 2. The van der Waals surface area contributed by atoms with Crippen molar-refractivity contribution in [2.24, 2.45) is 0 Å². The van der Waals surface area contributed by atoms with E-state index in [1.165, 1.54) is 13.0 Å². The van der Waals surface area contributed by atoms with Crippen molar-refractivity contribution in [1.82, 2.24) is 4.57 Å². The lowest BCUT2D eigenvalue weighted by Gasteiger charge is -2.19. The van der Waals surface area contributed by atoms with Crippen molar-refractivity contribution in [2.45, 2.75) is 13.0 Å². The molecule has 0 radical (unpaired) electrons. The molecule has 4 nitrogen and oxygen atoms in total. The van der Waals surface area contributed by atoms with Gasteiger partial charge in [-0.05, 0) is 31.2 Å². The van der Waals surface area contributed by atoms with E-state index < -0.39 is 12.0 Å². The predicted molar refractivity (Wildman–Crippen MR) is 88.1 cm³/mol. The minimum absolute atomic E-state index is 0.176. The van der Waals surface area contributed by atoms with E-state index in [0.717, 1.165) is 0 Å². The van der Waals surface area contributed by atoms with E-state index in [1.807, 2.05) is 0 Å². The summed E-state index contributed by atoms with van der Waals surface area (Å²) in [6.07, 6.45) is 0. The van der Waals surface area contributed by atoms with Crippen LogP contribution < -0.4 is 5.43 Å². The van der Waals surface area contributed by atoms with Crippen LogP contribution in [0.4, 0.5) is 0 Å². The first kappa shape index (κ1) is 14.9. The Bertz CT molecular complexity index is 978. The highest BCUT2D eigenvalue weighted by Crippen LogP contribution is 2.33. The van der Waals surface area contributed by atoms with Crippen LogP contribution in [0.1, 0.15) is 13.0 Å².